The minimum atomic E-state index is -0.222. The number of aryl methyl sites for hydroxylation is 2. The maximum absolute atomic E-state index is 11.7. The highest BCUT2D eigenvalue weighted by atomic mass is 16.6. The van der Waals surface area contributed by atoms with E-state index >= 15 is 0 Å². The Morgan fingerprint density at radius 3 is 2.60 bits per heavy atom. The Balaban J connectivity index is 1.65. The number of hydrogen-bond acceptors (Lipinski definition) is 4. The molecule has 1 aromatic heterocycles. The Hall–Kier alpha value is -2.25. The first-order chi connectivity index (χ1) is 12.2. The summed E-state index contributed by atoms with van der Waals surface area (Å²) in [4.78, 5) is 24.3. The molecule has 2 heterocycles. The highest BCUT2D eigenvalue weighted by Crippen LogP contribution is 2.05. The van der Waals surface area contributed by atoms with Gasteiger partial charge in [0.25, 0.3) is 0 Å². The average Bonchev–Trinajstić information content (AvgIpc) is 3.03. The van der Waals surface area contributed by atoms with Crippen molar-refractivity contribution in [3.63, 3.8) is 0 Å². The number of nitrogens with one attached hydrogen (secondary N) is 1. The molecular formula is C17H30N6O2. The van der Waals surface area contributed by atoms with Crippen LogP contribution >= 0.6 is 0 Å². The van der Waals surface area contributed by atoms with E-state index in [-0.39, 0.29) is 6.09 Å². The highest BCUT2D eigenvalue weighted by Gasteiger charge is 2.23. The van der Waals surface area contributed by atoms with E-state index in [4.69, 9.17) is 4.74 Å². The van der Waals surface area contributed by atoms with Crippen molar-refractivity contribution < 1.29 is 9.53 Å². The lowest BCUT2D eigenvalue weighted by Crippen LogP contribution is -2.54. The van der Waals surface area contributed by atoms with Gasteiger partial charge in [0.15, 0.2) is 5.96 Å². The molecule has 0 atom stereocenters. The van der Waals surface area contributed by atoms with E-state index in [0.717, 1.165) is 50.8 Å². The fraction of sp³-hybridized carbons (Fsp3) is 0.706. The van der Waals surface area contributed by atoms with E-state index in [9.17, 15) is 4.79 Å². The molecule has 1 aliphatic heterocycles. The predicted octanol–water partition coefficient (Wildman–Crippen LogP) is 1.32. The maximum Gasteiger partial charge on any atom is 0.409 e. The van der Waals surface area contributed by atoms with Gasteiger partial charge >= 0.3 is 6.09 Å². The summed E-state index contributed by atoms with van der Waals surface area (Å²) in [7, 11) is 1.80. The number of aromatic nitrogens is 2. The minimum absolute atomic E-state index is 0.222. The second kappa shape index (κ2) is 9.90. The summed E-state index contributed by atoms with van der Waals surface area (Å²) in [5.74, 6) is 1.96. The van der Waals surface area contributed by atoms with Crippen LogP contribution in [0.5, 0.6) is 0 Å². The van der Waals surface area contributed by atoms with E-state index in [1.165, 1.54) is 0 Å². The van der Waals surface area contributed by atoms with Crippen LogP contribution in [0.15, 0.2) is 17.4 Å². The van der Waals surface area contributed by atoms with Gasteiger partial charge in [-0.3, -0.25) is 4.99 Å². The van der Waals surface area contributed by atoms with E-state index < -0.39 is 0 Å². The molecule has 0 aromatic carbocycles. The number of unbranched alkanes of at least 4 members (excludes halogenated alkanes) is 1. The first-order valence-corrected chi connectivity index (χ1v) is 9.00. The molecule has 0 bridgehead atoms. The standard InChI is InChI=1S/C17H30N6O2/c1-4-25-17(24)23-13-11-22(12-14-23)16(18-3)20-7-5-6-9-21-10-8-19-15(21)2/h8,10H,4-7,9,11-14H2,1-3H3,(H,18,20). The van der Waals surface area contributed by atoms with Crippen LogP contribution in [0.25, 0.3) is 0 Å². The van der Waals surface area contributed by atoms with Crippen molar-refractivity contribution in [3.05, 3.63) is 18.2 Å². The third-order valence-electron chi connectivity index (χ3n) is 4.35. The van der Waals surface area contributed by atoms with E-state index in [2.05, 4.69) is 24.8 Å². The number of rotatable bonds is 6. The lowest BCUT2D eigenvalue weighted by molar-refractivity contribution is 0.0914. The predicted molar refractivity (Wildman–Crippen MR) is 97.7 cm³/mol. The fourth-order valence-electron chi connectivity index (χ4n) is 2.90. The van der Waals surface area contributed by atoms with Crippen LogP contribution in [0.1, 0.15) is 25.6 Å². The zero-order chi connectivity index (χ0) is 18.1. The number of piperazine rings is 1. The van der Waals surface area contributed by atoms with Gasteiger partial charge in [-0.25, -0.2) is 9.78 Å². The first-order valence-electron chi connectivity index (χ1n) is 9.00. The third-order valence-corrected chi connectivity index (χ3v) is 4.35. The van der Waals surface area contributed by atoms with E-state index in [1.54, 1.807) is 11.9 Å². The summed E-state index contributed by atoms with van der Waals surface area (Å²) in [5, 5.41) is 3.42. The zero-order valence-corrected chi connectivity index (χ0v) is 15.6. The molecule has 8 nitrogen and oxygen atoms in total. The number of carbonyl (C=O) groups is 1. The van der Waals surface area contributed by atoms with Crippen LogP contribution < -0.4 is 5.32 Å². The summed E-state index contributed by atoms with van der Waals surface area (Å²) in [6.45, 7) is 9.02. The Labute approximate surface area is 149 Å². The number of nitrogens with zero attached hydrogens (tertiary/aromatic N) is 5. The van der Waals surface area contributed by atoms with Crippen LogP contribution in [-0.4, -0.2) is 77.8 Å². The van der Waals surface area contributed by atoms with Crippen LogP contribution in [-0.2, 0) is 11.3 Å². The quantitative estimate of drug-likeness (QED) is 0.476. The second-order valence-electron chi connectivity index (χ2n) is 6.02. The van der Waals surface area contributed by atoms with Crippen LogP contribution in [0.4, 0.5) is 4.79 Å². The Morgan fingerprint density at radius 1 is 1.28 bits per heavy atom. The van der Waals surface area contributed by atoms with Crippen molar-refractivity contribution in [2.45, 2.75) is 33.2 Å². The number of amides is 1. The molecule has 1 aliphatic rings. The molecule has 0 radical (unpaired) electrons. The average molecular weight is 350 g/mol. The van der Waals surface area contributed by atoms with Gasteiger partial charge in [-0.05, 0) is 26.7 Å². The molecule has 1 saturated heterocycles. The molecule has 140 valence electrons. The lowest BCUT2D eigenvalue weighted by atomic mass is 10.3. The normalized spacial score (nSPS) is 15.4. The second-order valence-corrected chi connectivity index (χ2v) is 6.02. The Morgan fingerprint density at radius 2 is 2.00 bits per heavy atom. The van der Waals surface area contributed by atoms with Crippen LogP contribution in [0, 0.1) is 6.92 Å². The van der Waals surface area contributed by atoms with Crippen molar-refractivity contribution in [2.24, 2.45) is 4.99 Å². The van der Waals surface area contributed by atoms with Crippen LogP contribution in [0.2, 0.25) is 0 Å². The topological polar surface area (TPSA) is 75.0 Å². The van der Waals surface area contributed by atoms with Crippen molar-refractivity contribution >= 4 is 12.1 Å². The molecule has 25 heavy (non-hydrogen) atoms. The third kappa shape index (κ3) is 5.65. The van der Waals surface area contributed by atoms with Gasteiger partial charge < -0.3 is 24.4 Å². The van der Waals surface area contributed by atoms with Gasteiger partial charge in [-0.1, -0.05) is 0 Å². The summed E-state index contributed by atoms with van der Waals surface area (Å²) >= 11 is 0. The summed E-state index contributed by atoms with van der Waals surface area (Å²) in [6.07, 6.45) is 5.80. The molecule has 2 rings (SSSR count). The summed E-state index contributed by atoms with van der Waals surface area (Å²) < 4.78 is 7.22. The molecule has 0 aliphatic carbocycles. The molecule has 1 fully saturated rings. The minimum Gasteiger partial charge on any atom is -0.450 e. The number of carbonyl (C=O) groups excluding carboxylic acids is 1. The fourth-order valence-corrected chi connectivity index (χ4v) is 2.90. The smallest absolute Gasteiger partial charge is 0.409 e. The van der Waals surface area contributed by atoms with Crippen LogP contribution in [0.3, 0.4) is 0 Å². The van der Waals surface area contributed by atoms with Crippen molar-refractivity contribution in [1.29, 1.82) is 0 Å². The maximum atomic E-state index is 11.7. The number of aliphatic imine (C=N–C) groups is 1. The SMILES string of the molecule is CCOC(=O)N1CCN(C(=NC)NCCCCn2ccnc2C)CC1. The number of guanidine groups is 1. The van der Waals surface area contributed by atoms with E-state index in [1.807, 2.05) is 26.2 Å². The molecule has 1 amide bonds. The first kappa shape index (κ1) is 19.1. The molecule has 1 aromatic rings. The van der Waals surface area contributed by atoms with Gasteiger partial charge in [0.05, 0.1) is 6.61 Å². The Kier molecular flexibility index (Phi) is 7.56. The molecule has 0 spiro atoms. The van der Waals surface area contributed by atoms with E-state index in [0.29, 0.717) is 19.7 Å². The lowest BCUT2D eigenvalue weighted by Gasteiger charge is -2.35. The zero-order valence-electron chi connectivity index (χ0n) is 15.6. The number of hydrogen-bond donors (Lipinski definition) is 1. The van der Waals surface area contributed by atoms with Gasteiger partial charge in [0.2, 0.25) is 0 Å². The largest absolute Gasteiger partial charge is 0.450 e. The summed E-state index contributed by atoms with van der Waals surface area (Å²) in [5.41, 5.74) is 0. The summed E-state index contributed by atoms with van der Waals surface area (Å²) in [6, 6.07) is 0. The molecule has 0 unspecified atom stereocenters. The molecular weight excluding hydrogens is 320 g/mol. The van der Waals surface area contributed by atoms with Gasteiger partial charge in [0.1, 0.15) is 5.82 Å². The van der Waals surface area contributed by atoms with Gasteiger partial charge in [0, 0.05) is 58.7 Å². The molecule has 0 saturated carbocycles. The highest BCUT2D eigenvalue weighted by molar-refractivity contribution is 5.80. The monoisotopic (exact) mass is 350 g/mol. The molecule has 1 N–H and O–H groups in total. The number of ether oxygens (including phenoxy) is 1. The molecule has 8 heteroatoms. The van der Waals surface area contributed by atoms with Crippen molar-refractivity contribution in [1.82, 2.24) is 24.7 Å². The Bertz CT molecular complexity index is 563. The number of imidazole rings is 1. The van der Waals surface area contributed by atoms with Gasteiger partial charge in [-0.2, -0.15) is 0 Å². The van der Waals surface area contributed by atoms with Crippen molar-refractivity contribution in [2.75, 3.05) is 46.4 Å². The van der Waals surface area contributed by atoms with Crippen molar-refractivity contribution in [3.8, 4) is 0 Å². The van der Waals surface area contributed by atoms with Gasteiger partial charge in [-0.15, -0.1) is 0 Å².